The Balaban J connectivity index is 1.19. The summed E-state index contributed by atoms with van der Waals surface area (Å²) in [5.74, 6) is 0.177. The van der Waals surface area contributed by atoms with Crippen LogP contribution in [-0.4, -0.2) is 50.9 Å². The first-order valence-electron chi connectivity index (χ1n) is 20.3. The summed E-state index contributed by atoms with van der Waals surface area (Å²) in [5, 5.41) is 32.1. The minimum absolute atomic E-state index is 0.0485. The van der Waals surface area contributed by atoms with Gasteiger partial charge in [0.2, 0.25) is 0 Å². The van der Waals surface area contributed by atoms with Crippen LogP contribution in [0.25, 0.3) is 27.1 Å². The molecule has 0 aliphatic heterocycles. The lowest BCUT2D eigenvalue weighted by atomic mass is 9.97. The van der Waals surface area contributed by atoms with Crippen LogP contribution in [0.5, 0.6) is 0 Å². The third-order valence-corrected chi connectivity index (χ3v) is 13.9. The molecule has 7 aromatic rings. The van der Waals surface area contributed by atoms with Gasteiger partial charge < -0.3 is 16.1 Å². The largest absolute Gasteiger partial charge is 0.339 e. The molecule has 1 aliphatic rings. The highest BCUT2D eigenvalue weighted by Gasteiger charge is 2.31. The van der Waals surface area contributed by atoms with E-state index in [-0.39, 0.29) is 44.0 Å². The van der Waals surface area contributed by atoms with E-state index in [1.807, 2.05) is 55.5 Å². The Labute approximate surface area is 391 Å². The smallest absolute Gasteiger partial charge is 0.295 e. The van der Waals surface area contributed by atoms with Crippen LogP contribution in [0, 0.1) is 36.5 Å². The van der Waals surface area contributed by atoms with Crippen LogP contribution < -0.4 is 31.9 Å². The molecule has 0 radical (unpaired) electrons. The number of anilines is 6. The Hall–Kier alpha value is -7.86. The molecule has 0 spiro atoms. The molecule has 1 heterocycles. The fourth-order valence-corrected chi connectivity index (χ4v) is 9.61. The third kappa shape index (κ3) is 9.53. The molecule has 8 rings (SSSR count). The van der Waals surface area contributed by atoms with Crippen molar-refractivity contribution in [2.45, 2.75) is 35.0 Å². The van der Waals surface area contributed by atoms with E-state index in [0.29, 0.717) is 55.9 Å². The number of rotatable bonds is 14. The molecule has 0 saturated heterocycles. The number of aryl methyl sites for hydroxylation is 1. The molecule has 68 heavy (non-hydrogen) atoms. The van der Waals surface area contributed by atoms with Gasteiger partial charge in [-0.05, 0) is 114 Å². The van der Waals surface area contributed by atoms with Gasteiger partial charge in [-0.25, -0.2) is 15.8 Å². The van der Waals surface area contributed by atoms with E-state index in [1.165, 1.54) is 54.6 Å². The molecule has 0 atom stereocenters. The third-order valence-electron chi connectivity index (χ3n) is 11.3. The Morgan fingerprint density at radius 3 is 1.88 bits per heavy atom. The summed E-state index contributed by atoms with van der Waals surface area (Å²) in [4.78, 5) is 3.78. The van der Waals surface area contributed by atoms with Crippen molar-refractivity contribution in [3.63, 3.8) is 0 Å². The standard InChI is InChI=1S/C47H39N9O9S3/c1-27-21-34(23-38-37(27)9-6-10-43(38)68(63,64)65)56(3)55-42-24-41(40(26-49)44(42)31-12-11-29-7-4-5-8-30(29)22-31)53-54-45-28(2)39(25-48)46(50-32-13-17-35(18-14-32)66(57,58)59)52-47(45)51-33-15-19-36(20-16-33)67(60,61)62/h4-23,53-55H,24H2,1-3H3,(H2,50,51,52)(H,57,58,59)(H,60,61,62)(H,63,64,65)/p+1. The van der Waals surface area contributed by atoms with E-state index in [1.54, 1.807) is 42.6 Å². The second-order valence-electron chi connectivity index (χ2n) is 15.7. The Morgan fingerprint density at radius 1 is 0.676 bits per heavy atom. The first-order chi connectivity index (χ1) is 32.2. The van der Waals surface area contributed by atoms with Crippen molar-refractivity contribution in [1.29, 1.82) is 10.5 Å². The van der Waals surface area contributed by atoms with E-state index < -0.39 is 30.4 Å². The minimum atomic E-state index is -4.57. The van der Waals surface area contributed by atoms with Crippen LogP contribution in [0.1, 0.15) is 28.7 Å². The Bertz CT molecular complexity index is 3720. The number of benzene rings is 6. The number of pyridine rings is 1. The predicted molar refractivity (Wildman–Crippen MR) is 256 cm³/mol. The second-order valence-corrected chi connectivity index (χ2v) is 19.9. The Kier molecular flexibility index (Phi) is 12.4. The topological polar surface area (TPSA) is 292 Å². The molecule has 0 saturated carbocycles. The molecule has 18 nitrogen and oxygen atoms in total. The summed E-state index contributed by atoms with van der Waals surface area (Å²) in [5.41, 5.74) is 13.8. The summed E-state index contributed by atoms with van der Waals surface area (Å²) < 4.78 is 101. The first-order valence-corrected chi connectivity index (χ1v) is 24.7. The normalized spacial score (nSPS) is 13.1. The number of allylic oxidation sites excluding steroid dienone is 2. The zero-order valence-electron chi connectivity index (χ0n) is 36.1. The van der Waals surface area contributed by atoms with Crippen LogP contribution in [0.3, 0.4) is 0 Å². The van der Waals surface area contributed by atoms with Gasteiger partial charge in [-0.3, -0.25) is 18.7 Å². The van der Waals surface area contributed by atoms with E-state index in [0.717, 1.165) is 21.9 Å². The van der Waals surface area contributed by atoms with E-state index >= 15 is 0 Å². The highest BCUT2D eigenvalue weighted by molar-refractivity contribution is 7.86. The number of nitrogen functional groups attached to an aromatic ring is 1. The van der Waals surface area contributed by atoms with Crippen LogP contribution >= 0.6 is 0 Å². The van der Waals surface area contributed by atoms with Crippen molar-refractivity contribution in [3.05, 3.63) is 161 Å². The van der Waals surface area contributed by atoms with Gasteiger partial charge in [-0.2, -0.15) is 35.8 Å². The Morgan fingerprint density at radius 2 is 1.29 bits per heavy atom. The number of nitrogens with zero attached hydrogens (tertiary/aromatic N) is 4. The molecule has 0 fully saturated rings. The lowest BCUT2D eigenvalue weighted by molar-refractivity contribution is -0.576. The second kappa shape index (κ2) is 18.1. The molecule has 9 N–H and O–H groups in total. The van der Waals surface area contributed by atoms with Gasteiger partial charge in [0.05, 0.1) is 27.6 Å². The van der Waals surface area contributed by atoms with Crippen LogP contribution in [0.2, 0.25) is 0 Å². The van der Waals surface area contributed by atoms with Crippen LogP contribution in [0.4, 0.5) is 34.4 Å². The fourth-order valence-electron chi connectivity index (χ4n) is 7.95. The fraction of sp³-hybridized carbons (Fsp3) is 0.0851. The van der Waals surface area contributed by atoms with E-state index in [9.17, 15) is 49.4 Å². The number of nitrogens with two attached hydrogens (primary N) is 1. The number of nitriles is 2. The van der Waals surface area contributed by atoms with E-state index in [4.69, 9.17) is 4.98 Å². The summed E-state index contributed by atoms with van der Waals surface area (Å²) in [7, 11) is -11.8. The summed E-state index contributed by atoms with van der Waals surface area (Å²) >= 11 is 0. The van der Waals surface area contributed by atoms with Gasteiger partial charge in [0.1, 0.15) is 33.9 Å². The van der Waals surface area contributed by atoms with Gasteiger partial charge >= 0.3 is 0 Å². The zero-order chi connectivity index (χ0) is 48.7. The first kappa shape index (κ1) is 46.7. The van der Waals surface area contributed by atoms with Gasteiger partial charge in [0.15, 0.2) is 17.3 Å². The molecular weight excluding hydrogens is 931 g/mol. The summed E-state index contributed by atoms with van der Waals surface area (Å²) in [6, 6.07) is 36.6. The van der Waals surface area contributed by atoms with E-state index in [2.05, 4.69) is 33.6 Å². The number of nitrogens with one attached hydrogen (secondary N) is 4. The minimum Gasteiger partial charge on any atom is -0.339 e. The van der Waals surface area contributed by atoms with Crippen molar-refractivity contribution < 1.29 is 44.3 Å². The average Bonchev–Trinajstić information content (AvgIpc) is 3.64. The molecule has 0 bridgehead atoms. The van der Waals surface area contributed by atoms with Crippen molar-refractivity contribution in [3.8, 4) is 12.1 Å². The summed E-state index contributed by atoms with van der Waals surface area (Å²) in [6.45, 7) is 3.49. The lowest BCUT2D eigenvalue weighted by Crippen LogP contribution is -2.86. The number of hydrazine groups is 1. The molecule has 344 valence electrons. The van der Waals surface area contributed by atoms with Crippen molar-refractivity contribution >= 4 is 91.9 Å². The maximum absolute atomic E-state index is 12.4. The highest BCUT2D eigenvalue weighted by atomic mass is 32.2. The highest BCUT2D eigenvalue weighted by Crippen LogP contribution is 2.39. The monoisotopic (exact) mass is 970 g/mol. The molecule has 0 unspecified atom stereocenters. The van der Waals surface area contributed by atoms with Crippen LogP contribution in [-0.2, 0) is 30.4 Å². The SMILES string of the molecule is Cc1c(C#N)c(Nc2ccc(S(=O)(=O)O)cc2)nc(Nc2ccc(S(=O)(=O)O)cc2)c1N[NH2+]C1=C(C#N)C(c2ccc3ccccc3c2)=C(NN(C)c2cc(C)c3cccc(S(=O)(=O)O)c3c2)C1. The zero-order valence-corrected chi connectivity index (χ0v) is 38.6. The molecular formula is C47H40N9O9S3+. The molecule has 21 heteroatoms. The number of aromatic nitrogens is 1. The number of fused-ring (bicyclic) bond motifs is 2. The average molecular weight is 971 g/mol. The number of quaternary nitrogens is 1. The predicted octanol–water partition coefficient (Wildman–Crippen LogP) is 7.23. The van der Waals surface area contributed by atoms with Crippen LogP contribution in [0.15, 0.2) is 153 Å². The number of hydrogen-bond donors (Lipinski definition) is 8. The van der Waals surface area contributed by atoms with Gasteiger partial charge in [0, 0.05) is 34.9 Å². The van der Waals surface area contributed by atoms with Crippen molar-refractivity contribution in [1.82, 2.24) is 10.4 Å². The molecule has 6 aromatic carbocycles. The maximum atomic E-state index is 12.4. The van der Waals surface area contributed by atoms with Gasteiger partial charge in [-0.15, -0.1) is 0 Å². The molecule has 1 aromatic heterocycles. The maximum Gasteiger partial charge on any atom is 0.295 e. The molecule has 1 aliphatic carbocycles. The van der Waals surface area contributed by atoms with Crippen molar-refractivity contribution in [2.75, 3.05) is 28.1 Å². The summed E-state index contributed by atoms with van der Waals surface area (Å²) in [6.07, 6.45) is 0.169. The lowest BCUT2D eigenvalue weighted by Gasteiger charge is -2.25. The van der Waals surface area contributed by atoms with Gasteiger partial charge in [-0.1, -0.05) is 48.5 Å². The van der Waals surface area contributed by atoms with Crippen molar-refractivity contribution in [2.24, 2.45) is 0 Å². The van der Waals surface area contributed by atoms with Gasteiger partial charge in [0.25, 0.3) is 30.4 Å². The number of hydrogen-bond acceptors (Lipinski definition) is 14. The quantitative estimate of drug-likeness (QED) is 0.0303. The molecule has 0 amide bonds.